The average Bonchev–Trinajstić information content (AvgIpc) is 3.43. The number of aliphatic hydroxyl groups is 1. The lowest BCUT2D eigenvalue weighted by molar-refractivity contribution is -0.161. The molecule has 0 amide bonds. The van der Waals surface area contributed by atoms with Gasteiger partial charge in [0.15, 0.2) is 12.2 Å². The Morgan fingerprint density at radius 2 is 0.630 bits per heavy atom. The highest BCUT2D eigenvalue weighted by atomic mass is 31.2. The van der Waals surface area contributed by atoms with E-state index in [4.69, 9.17) is 37.0 Å². The Morgan fingerprint density at radius 1 is 0.358 bits per heavy atom. The van der Waals surface area contributed by atoms with Crippen molar-refractivity contribution >= 4 is 39.5 Å². The van der Waals surface area contributed by atoms with Crippen LogP contribution in [0.3, 0.4) is 0 Å². The summed E-state index contributed by atoms with van der Waals surface area (Å²) in [6, 6.07) is 0. The van der Waals surface area contributed by atoms with Gasteiger partial charge < -0.3 is 33.8 Å². The first kappa shape index (κ1) is 79.1. The van der Waals surface area contributed by atoms with E-state index >= 15 is 0 Å². The van der Waals surface area contributed by atoms with Gasteiger partial charge in [0.25, 0.3) is 0 Å². The van der Waals surface area contributed by atoms with Gasteiger partial charge >= 0.3 is 39.5 Å². The Kier molecular flexibility index (Phi) is 53.4. The van der Waals surface area contributed by atoms with Gasteiger partial charge in [0, 0.05) is 25.7 Å². The van der Waals surface area contributed by atoms with Crippen molar-refractivity contribution in [2.75, 3.05) is 39.6 Å². The minimum atomic E-state index is -4.94. The summed E-state index contributed by atoms with van der Waals surface area (Å²) in [7, 11) is -9.88. The third-order valence-corrected chi connectivity index (χ3v) is 16.5. The number of phosphoric ester groups is 2. The molecule has 3 N–H and O–H groups in total. The number of rotatable bonds is 61. The first-order chi connectivity index (χ1) is 38.9. The number of ether oxygens (including phenoxy) is 4. The normalized spacial score (nSPS) is 14.7. The number of phosphoric acid groups is 2. The Balaban J connectivity index is 5.20. The van der Waals surface area contributed by atoms with Crippen LogP contribution in [0, 0.1) is 11.8 Å². The Bertz CT molecular complexity index is 1600. The van der Waals surface area contributed by atoms with E-state index in [2.05, 4.69) is 41.5 Å². The molecule has 0 aromatic carbocycles. The molecule has 0 aromatic rings. The minimum Gasteiger partial charge on any atom is -0.462 e. The number of hydrogen-bond acceptors (Lipinski definition) is 15. The SMILES string of the molecule is CCCCCCCCCCC(=O)OC[C@H](COP(=O)(O)OC[C@H](O)COP(=O)(O)OC[C@@H](COC(=O)CCCCCCCCC(C)CC)OC(=O)CCCCCCCCCCCCCCC(C)C)OC(=O)CCCCCCCCCC. The lowest BCUT2D eigenvalue weighted by atomic mass is 10.00. The van der Waals surface area contributed by atoms with E-state index in [9.17, 15) is 43.2 Å². The molecule has 0 aromatic heterocycles. The number of unbranched alkanes of at least 4 members (excludes halogenated alkanes) is 30. The van der Waals surface area contributed by atoms with E-state index < -0.39 is 97.5 Å². The van der Waals surface area contributed by atoms with Gasteiger partial charge in [-0.05, 0) is 37.5 Å². The Hall–Kier alpha value is -1.94. The van der Waals surface area contributed by atoms with E-state index in [0.717, 1.165) is 121 Å². The van der Waals surface area contributed by atoms with Crippen LogP contribution >= 0.6 is 15.6 Å². The van der Waals surface area contributed by atoms with Crippen molar-refractivity contribution in [2.24, 2.45) is 11.8 Å². The first-order valence-electron chi connectivity index (χ1n) is 32.5. The molecule has 0 heterocycles. The maximum atomic E-state index is 13.0. The molecule has 0 aliphatic heterocycles. The zero-order valence-corrected chi connectivity index (χ0v) is 53.9. The van der Waals surface area contributed by atoms with Crippen molar-refractivity contribution in [3.63, 3.8) is 0 Å². The van der Waals surface area contributed by atoms with E-state index in [1.54, 1.807) is 0 Å². The monoisotopic (exact) mass is 1200 g/mol. The van der Waals surface area contributed by atoms with Crippen molar-refractivity contribution in [2.45, 2.75) is 323 Å². The number of hydrogen-bond donors (Lipinski definition) is 3. The maximum absolute atomic E-state index is 13.0. The van der Waals surface area contributed by atoms with Gasteiger partial charge in [0.1, 0.15) is 19.3 Å². The molecule has 0 aliphatic carbocycles. The van der Waals surface area contributed by atoms with Crippen LogP contribution in [-0.4, -0.2) is 96.7 Å². The highest BCUT2D eigenvalue weighted by Gasteiger charge is 2.30. The second-order valence-corrected chi connectivity index (χ2v) is 26.1. The van der Waals surface area contributed by atoms with E-state index in [1.807, 2.05) is 0 Å². The Labute approximate surface area is 492 Å². The van der Waals surface area contributed by atoms with Gasteiger partial charge in [-0.2, -0.15) is 0 Å². The number of carbonyl (C=O) groups is 4. The average molecular weight is 1200 g/mol. The molecule has 0 spiro atoms. The smallest absolute Gasteiger partial charge is 0.462 e. The zero-order valence-electron chi connectivity index (χ0n) is 52.1. The van der Waals surface area contributed by atoms with Gasteiger partial charge in [0.05, 0.1) is 26.4 Å². The van der Waals surface area contributed by atoms with Crippen LogP contribution in [0.1, 0.15) is 305 Å². The molecular weight excluding hydrogens is 1080 g/mol. The van der Waals surface area contributed by atoms with Crippen LogP contribution in [-0.2, 0) is 65.4 Å². The summed E-state index contributed by atoms with van der Waals surface area (Å²) in [5.41, 5.74) is 0. The fourth-order valence-corrected chi connectivity index (χ4v) is 10.7. The standard InChI is InChI=1S/C62H120O17P2/c1-7-10-12-14-16-25-32-38-44-59(64)72-50-57(78-61(66)46-40-34-26-17-15-13-11-8-2)52-76-80(68,69)74-48-56(63)49-75-81(70,71)77-53-58(51-73-60(65)45-39-33-29-28-31-37-43-55(6)9-3)79-62(67)47-41-35-27-23-21-19-18-20-22-24-30-36-42-54(4)5/h54-58,63H,7-53H2,1-6H3,(H,68,69)(H,70,71)/t55?,56-,57+,58+/m0/s1. The summed E-state index contributed by atoms with van der Waals surface area (Å²) in [4.78, 5) is 72.0. The molecule has 0 radical (unpaired) electrons. The van der Waals surface area contributed by atoms with Crippen molar-refractivity contribution in [1.82, 2.24) is 0 Å². The third-order valence-electron chi connectivity index (χ3n) is 14.6. The quantitative estimate of drug-likeness (QED) is 0.0222. The topological polar surface area (TPSA) is 237 Å². The molecule has 0 fully saturated rings. The van der Waals surface area contributed by atoms with E-state index in [1.165, 1.54) is 103 Å². The van der Waals surface area contributed by atoms with Crippen LogP contribution in [0.25, 0.3) is 0 Å². The van der Waals surface area contributed by atoms with Crippen molar-refractivity contribution in [1.29, 1.82) is 0 Å². The lowest BCUT2D eigenvalue weighted by Gasteiger charge is -2.21. The summed E-state index contributed by atoms with van der Waals surface area (Å²) >= 11 is 0. The zero-order chi connectivity index (χ0) is 60.1. The van der Waals surface area contributed by atoms with Gasteiger partial charge in [-0.25, -0.2) is 9.13 Å². The van der Waals surface area contributed by atoms with Gasteiger partial charge in [-0.15, -0.1) is 0 Å². The molecule has 0 saturated heterocycles. The first-order valence-corrected chi connectivity index (χ1v) is 35.5. The van der Waals surface area contributed by atoms with Crippen LogP contribution < -0.4 is 0 Å². The number of carbonyl (C=O) groups excluding carboxylic acids is 4. The number of esters is 4. The van der Waals surface area contributed by atoms with Crippen molar-refractivity contribution < 1.29 is 80.2 Å². The highest BCUT2D eigenvalue weighted by molar-refractivity contribution is 7.47. The fraction of sp³-hybridized carbons (Fsp3) is 0.935. The van der Waals surface area contributed by atoms with E-state index in [0.29, 0.717) is 25.7 Å². The summed E-state index contributed by atoms with van der Waals surface area (Å²) in [6.07, 6.45) is 36.3. The lowest BCUT2D eigenvalue weighted by Crippen LogP contribution is -2.30. The summed E-state index contributed by atoms with van der Waals surface area (Å²) in [5, 5.41) is 10.5. The predicted molar refractivity (Wildman–Crippen MR) is 321 cm³/mol. The molecule has 0 rings (SSSR count). The minimum absolute atomic E-state index is 0.104. The Morgan fingerprint density at radius 3 is 0.938 bits per heavy atom. The molecule has 0 bridgehead atoms. The van der Waals surface area contributed by atoms with Crippen LogP contribution in [0.15, 0.2) is 0 Å². The highest BCUT2D eigenvalue weighted by Crippen LogP contribution is 2.45. The molecule has 6 atom stereocenters. The number of aliphatic hydroxyl groups excluding tert-OH is 1. The second-order valence-electron chi connectivity index (χ2n) is 23.2. The molecular formula is C62H120O17P2. The summed E-state index contributed by atoms with van der Waals surface area (Å²) in [6.45, 7) is 9.40. The molecule has 0 aliphatic rings. The largest absolute Gasteiger partial charge is 0.472 e. The second kappa shape index (κ2) is 54.7. The molecule has 17 nitrogen and oxygen atoms in total. The molecule has 480 valence electrons. The van der Waals surface area contributed by atoms with Gasteiger partial charge in [-0.1, -0.05) is 253 Å². The third kappa shape index (κ3) is 55.7. The van der Waals surface area contributed by atoms with Crippen molar-refractivity contribution in [3.8, 4) is 0 Å². The van der Waals surface area contributed by atoms with Crippen LogP contribution in [0.5, 0.6) is 0 Å². The summed E-state index contributed by atoms with van der Waals surface area (Å²) in [5.74, 6) is -0.634. The van der Waals surface area contributed by atoms with E-state index in [-0.39, 0.29) is 25.7 Å². The molecule has 3 unspecified atom stereocenters. The predicted octanol–water partition coefficient (Wildman–Crippen LogP) is 16.9. The molecule has 81 heavy (non-hydrogen) atoms. The maximum Gasteiger partial charge on any atom is 0.472 e. The van der Waals surface area contributed by atoms with Crippen LogP contribution in [0.2, 0.25) is 0 Å². The molecule has 0 saturated carbocycles. The fourth-order valence-electron chi connectivity index (χ4n) is 9.15. The van der Waals surface area contributed by atoms with Gasteiger partial charge in [0.2, 0.25) is 0 Å². The summed E-state index contributed by atoms with van der Waals surface area (Å²) < 4.78 is 67.8. The van der Waals surface area contributed by atoms with Crippen molar-refractivity contribution in [3.05, 3.63) is 0 Å². The van der Waals surface area contributed by atoms with Gasteiger partial charge in [-0.3, -0.25) is 37.3 Å². The molecule has 19 heteroatoms. The van der Waals surface area contributed by atoms with Crippen LogP contribution in [0.4, 0.5) is 0 Å².